The van der Waals surface area contributed by atoms with E-state index in [1.54, 1.807) is 6.07 Å². The van der Waals surface area contributed by atoms with Crippen LogP contribution in [0.2, 0.25) is 0 Å². The number of amides is 1. The molecule has 2 atom stereocenters. The quantitative estimate of drug-likeness (QED) is 0.792. The zero-order chi connectivity index (χ0) is 16.6. The van der Waals surface area contributed by atoms with Gasteiger partial charge < -0.3 is 15.6 Å². The molecule has 5 nitrogen and oxygen atoms in total. The molecule has 1 fully saturated rings. The number of H-pyrrole nitrogens is 1. The molecular weight excluding hydrogens is 394 g/mol. The predicted octanol–water partition coefficient (Wildman–Crippen LogP) is 3.05. The average Bonchev–Trinajstić information content (AvgIpc) is 2.54. The summed E-state index contributed by atoms with van der Waals surface area (Å²) in [6.07, 6.45) is 2.96. The molecule has 0 spiro atoms. The first-order valence-corrected chi connectivity index (χ1v) is 8.66. The lowest BCUT2D eigenvalue weighted by molar-refractivity contribution is 0.0585. The van der Waals surface area contributed by atoms with Crippen LogP contribution < -0.4 is 11.3 Å². The highest BCUT2D eigenvalue weighted by Gasteiger charge is 2.30. The average molecular weight is 415 g/mol. The number of nitrogens with one attached hydrogen (secondary N) is 1. The lowest BCUT2D eigenvalue weighted by Crippen LogP contribution is -2.51. The van der Waals surface area contributed by atoms with Gasteiger partial charge in [-0.1, -0.05) is 15.9 Å². The Kier molecular flexibility index (Phi) is 6.06. The van der Waals surface area contributed by atoms with Gasteiger partial charge >= 0.3 is 0 Å². The highest BCUT2D eigenvalue weighted by Crippen LogP contribution is 2.25. The Bertz CT molecular complexity index is 806. The molecule has 1 aliphatic rings. The highest BCUT2D eigenvalue weighted by molar-refractivity contribution is 9.10. The molecule has 2 unspecified atom stereocenters. The number of benzene rings is 1. The van der Waals surface area contributed by atoms with E-state index in [2.05, 4.69) is 20.9 Å². The minimum absolute atomic E-state index is 0. The molecule has 1 aliphatic heterocycles. The van der Waals surface area contributed by atoms with Gasteiger partial charge in [-0.15, -0.1) is 12.4 Å². The summed E-state index contributed by atoms with van der Waals surface area (Å²) in [7, 11) is 0. The molecule has 3 N–H and O–H groups in total. The third kappa shape index (κ3) is 3.66. The van der Waals surface area contributed by atoms with E-state index in [1.165, 1.54) is 6.07 Å². The van der Waals surface area contributed by atoms with Crippen molar-refractivity contribution in [3.63, 3.8) is 0 Å². The molecule has 7 heteroatoms. The first-order valence-electron chi connectivity index (χ1n) is 7.86. The maximum absolute atomic E-state index is 13.1. The maximum Gasteiger partial charge on any atom is 0.255 e. The van der Waals surface area contributed by atoms with Gasteiger partial charge in [0.25, 0.3) is 5.91 Å². The summed E-state index contributed by atoms with van der Waals surface area (Å²) in [5.74, 6) is -0.110. The summed E-state index contributed by atoms with van der Waals surface area (Å²) in [5, 5.41) is 0.748. The number of likely N-dealkylation sites (tertiary alicyclic amines) is 1. The summed E-state index contributed by atoms with van der Waals surface area (Å²) >= 11 is 3.43. The van der Waals surface area contributed by atoms with Crippen molar-refractivity contribution in [2.45, 2.75) is 38.3 Å². The summed E-state index contributed by atoms with van der Waals surface area (Å²) < 4.78 is 0.869. The monoisotopic (exact) mass is 413 g/mol. The Morgan fingerprint density at radius 2 is 2.12 bits per heavy atom. The number of nitrogens with two attached hydrogens (primary N) is 1. The lowest BCUT2D eigenvalue weighted by atomic mass is 9.95. The number of nitrogens with zero attached hydrogens (tertiary/aromatic N) is 1. The molecule has 1 aromatic heterocycles. The van der Waals surface area contributed by atoms with Gasteiger partial charge in [0.05, 0.1) is 5.56 Å². The molecule has 1 amide bonds. The van der Waals surface area contributed by atoms with Crippen LogP contribution in [0.5, 0.6) is 0 Å². The standard InChI is InChI=1S/C17H20BrN3O2.ClH/c1-10(19)15-4-2-3-7-21(15)17(23)13-9-16(22)20-14-6-5-11(18)8-12(13)14;/h5-6,8-10,15H,2-4,7,19H2,1H3,(H,20,22);1H. The van der Waals surface area contributed by atoms with Gasteiger partial charge in [-0.25, -0.2) is 0 Å². The smallest absolute Gasteiger partial charge is 0.255 e. The Hall–Kier alpha value is -1.37. The number of halogens is 2. The second-order valence-electron chi connectivity index (χ2n) is 6.16. The molecule has 0 saturated carbocycles. The van der Waals surface area contributed by atoms with Gasteiger partial charge in [0.15, 0.2) is 0 Å². The van der Waals surface area contributed by atoms with Crippen molar-refractivity contribution in [1.82, 2.24) is 9.88 Å². The van der Waals surface area contributed by atoms with Crippen molar-refractivity contribution < 1.29 is 4.79 Å². The van der Waals surface area contributed by atoms with Crippen molar-refractivity contribution in [2.24, 2.45) is 5.73 Å². The van der Waals surface area contributed by atoms with E-state index in [4.69, 9.17) is 5.73 Å². The van der Waals surface area contributed by atoms with Crippen molar-refractivity contribution in [3.05, 3.63) is 44.7 Å². The predicted molar refractivity (Wildman–Crippen MR) is 102 cm³/mol. The molecule has 0 bridgehead atoms. The van der Waals surface area contributed by atoms with Gasteiger partial charge in [-0.3, -0.25) is 9.59 Å². The zero-order valence-corrected chi connectivity index (χ0v) is 15.8. The third-order valence-electron chi connectivity index (χ3n) is 4.45. The maximum atomic E-state index is 13.1. The number of hydrogen-bond acceptors (Lipinski definition) is 3. The van der Waals surface area contributed by atoms with E-state index in [-0.39, 0.29) is 36.0 Å². The number of hydrogen-bond donors (Lipinski definition) is 2. The van der Waals surface area contributed by atoms with E-state index >= 15 is 0 Å². The summed E-state index contributed by atoms with van der Waals surface area (Å²) in [6, 6.07) is 6.85. The molecule has 24 heavy (non-hydrogen) atoms. The fraction of sp³-hybridized carbons (Fsp3) is 0.412. The number of piperidine rings is 1. The Morgan fingerprint density at radius 1 is 1.38 bits per heavy atom. The molecule has 2 heterocycles. The molecule has 1 saturated heterocycles. The first kappa shape index (κ1) is 19.0. The molecular formula is C17H21BrClN3O2. The second-order valence-corrected chi connectivity index (χ2v) is 7.07. The van der Waals surface area contributed by atoms with Crippen molar-refractivity contribution in [1.29, 1.82) is 0 Å². The number of fused-ring (bicyclic) bond motifs is 1. The number of carbonyl (C=O) groups is 1. The van der Waals surface area contributed by atoms with Gasteiger partial charge in [0.1, 0.15) is 0 Å². The number of aromatic amines is 1. The molecule has 0 radical (unpaired) electrons. The third-order valence-corrected chi connectivity index (χ3v) is 4.95. The number of pyridine rings is 1. The van der Waals surface area contributed by atoms with Crippen LogP contribution in [0.1, 0.15) is 36.5 Å². The van der Waals surface area contributed by atoms with Gasteiger partial charge in [-0.2, -0.15) is 0 Å². The largest absolute Gasteiger partial charge is 0.334 e. The minimum Gasteiger partial charge on any atom is -0.334 e. The SMILES string of the molecule is CC(N)C1CCCCN1C(=O)c1cc(=O)[nH]c2ccc(Br)cc12.Cl. The summed E-state index contributed by atoms with van der Waals surface area (Å²) in [5.41, 5.74) is 6.91. The van der Waals surface area contributed by atoms with E-state index in [0.29, 0.717) is 17.6 Å². The highest BCUT2D eigenvalue weighted by atomic mass is 79.9. The number of rotatable bonds is 2. The first-order chi connectivity index (χ1) is 11.0. The fourth-order valence-electron chi connectivity index (χ4n) is 3.31. The van der Waals surface area contributed by atoms with Crippen LogP contribution in [-0.4, -0.2) is 34.4 Å². The Labute approximate surface area is 155 Å². The van der Waals surface area contributed by atoms with E-state index < -0.39 is 0 Å². The van der Waals surface area contributed by atoms with Gasteiger partial charge in [-0.05, 0) is 44.4 Å². The summed E-state index contributed by atoms with van der Waals surface area (Å²) in [6.45, 7) is 2.62. The van der Waals surface area contributed by atoms with E-state index in [0.717, 1.165) is 29.1 Å². The Balaban J connectivity index is 0.00000208. The molecule has 1 aromatic carbocycles. The Morgan fingerprint density at radius 3 is 2.83 bits per heavy atom. The van der Waals surface area contributed by atoms with Crippen LogP contribution in [0.4, 0.5) is 0 Å². The topological polar surface area (TPSA) is 79.2 Å². The fourth-order valence-corrected chi connectivity index (χ4v) is 3.67. The van der Waals surface area contributed by atoms with Crippen molar-refractivity contribution in [3.8, 4) is 0 Å². The number of carbonyl (C=O) groups excluding carboxylic acids is 1. The molecule has 130 valence electrons. The van der Waals surface area contributed by atoms with E-state index in [9.17, 15) is 9.59 Å². The lowest BCUT2D eigenvalue weighted by Gasteiger charge is -2.38. The van der Waals surface area contributed by atoms with Crippen LogP contribution in [0.25, 0.3) is 10.9 Å². The van der Waals surface area contributed by atoms with Crippen LogP contribution in [-0.2, 0) is 0 Å². The van der Waals surface area contributed by atoms with Crippen molar-refractivity contribution >= 4 is 45.1 Å². The van der Waals surface area contributed by atoms with Crippen molar-refractivity contribution in [2.75, 3.05) is 6.54 Å². The second kappa shape index (κ2) is 7.68. The number of aromatic nitrogens is 1. The van der Waals surface area contributed by atoms with E-state index in [1.807, 2.05) is 24.0 Å². The van der Waals surface area contributed by atoms with Crippen LogP contribution in [0, 0.1) is 0 Å². The summed E-state index contributed by atoms with van der Waals surface area (Å²) in [4.78, 5) is 29.6. The van der Waals surface area contributed by atoms with Gasteiger partial charge in [0.2, 0.25) is 5.56 Å². The minimum atomic E-state index is -0.266. The zero-order valence-electron chi connectivity index (χ0n) is 13.4. The van der Waals surface area contributed by atoms with Gasteiger partial charge in [0, 0.05) is 40.1 Å². The molecule has 2 aromatic rings. The molecule has 0 aliphatic carbocycles. The molecule has 3 rings (SSSR count). The normalized spacial score (nSPS) is 19.0. The van der Waals surface area contributed by atoms with Crippen LogP contribution in [0.15, 0.2) is 33.5 Å². The van der Waals surface area contributed by atoms with Crippen LogP contribution in [0.3, 0.4) is 0 Å². The van der Waals surface area contributed by atoms with Crippen LogP contribution >= 0.6 is 28.3 Å².